The Bertz CT molecular complexity index is 659. The lowest BCUT2D eigenvalue weighted by Crippen LogP contribution is -2.23. The second-order valence-electron chi connectivity index (χ2n) is 5.93. The maximum atomic E-state index is 12.0. The van der Waals surface area contributed by atoms with E-state index in [1.165, 1.54) is 16.0 Å². The maximum Gasteiger partial charge on any atom is 0.160 e. The first-order chi connectivity index (χ1) is 10.4. The molecule has 0 radical (unpaired) electrons. The van der Waals surface area contributed by atoms with Crippen molar-refractivity contribution < 1.29 is 4.79 Å². The van der Waals surface area contributed by atoms with Crippen molar-refractivity contribution in [2.45, 2.75) is 47.7 Å². The fourth-order valence-corrected chi connectivity index (χ4v) is 3.88. The number of hydrogen-bond acceptors (Lipinski definition) is 3. The lowest BCUT2D eigenvalue weighted by molar-refractivity contribution is 0.101. The van der Waals surface area contributed by atoms with Crippen LogP contribution in [0.1, 0.15) is 51.3 Å². The van der Waals surface area contributed by atoms with Gasteiger partial charge in [-0.15, -0.1) is 11.3 Å². The van der Waals surface area contributed by atoms with Gasteiger partial charge in [0, 0.05) is 23.5 Å². The molecule has 0 bridgehead atoms. The standard InChI is InChI=1S/C19H25NOS/c1-6-20(11-17-8-7-9-22-17)12-18-13(2)10-14(3)19(15(18)4)16(5)21/h7-10H,6,11-12H2,1-5H3. The SMILES string of the molecule is CCN(Cc1cccs1)Cc1c(C)cc(C)c(C(C)=O)c1C. The fraction of sp³-hybridized carbons (Fsp3) is 0.421. The fourth-order valence-electron chi connectivity index (χ4n) is 3.14. The molecule has 0 aliphatic rings. The lowest BCUT2D eigenvalue weighted by Gasteiger charge is -2.24. The van der Waals surface area contributed by atoms with Gasteiger partial charge in [0.15, 0.2) is 5.78 Å². The van der Waals surface area contributed by atoms with E-state index in [-0.39, 0.29) is 5.78 Å². The minimum atomic E-state index is 0.164. The highest BCUT2D eigenvalue weighted by molar-refractivity contribution is 7.09. The monoisotopic (exact) mass is 315 g/mol. The molecule has 22 heavy (non-hydrogen) atoms. The van der Waals surface area contributed by atoms with E-state index in [0.717, 1.165) is 36.3 Å². The molecular weight excluding hydrogens is 290 g/mol. The summed E-state index contributed by atoms with van der Waals surface area (Å²) in [5.41, 5.74) is 5.72. The minimum Gasteiger partial charge on any atom is -0.294 e. The smallest absolute Gasteiger partial charge is 0.160 e. The zero-order valence-electron chi connectivity index (χ0n) is 14.2. The van der Waals surface area contributed by atoms with Crippen LogP contribution in [0.2, 0.25) is 0 Å². The molecule has 2 aromatic rings. The highest BCUT2D eigenvalue weighted by atomic mass is 32.1. The second kappa shape index (κ2) is 7.21. The van der Waals surface area contributed by atoms with Crippen LogP contribution in [0.5, 0.6) is 0 Å². The Morgan fingerprint density at radius 1 is 1.18 bits per heavy atom. The number of aryl methyl sites for hydroxylation is 2. The highest BCUT2D eigenvalue weighted by Gasteiger charge is 2.16. The van der Waals surface area contributed by atoms with Gasteiger partial charge in [0.05, 0.1) is 0 Å². The molecule has 0 fully saturated rings. The van der Waals surface area contributed by atoms with Gasteiger partial charge in [0.2, 0.25) is 0 Å². The number of carbonyl (C=O) groups excluding carboxylic acids is 1. The van der Waals surface area contributed by atoms with Crippen molar-refractivity contribution in [1.82, 2.24) is 4.90 Å². The molecule has 1 aromatic carbocycles. The third-order valence-electron chi connectivity index (χ3n) is 4.27. The van der Waals surface area contributed by atoms with Gasteiger partial charge in [-0.1, -0.05) is 19.1 Å². The molecule has 0 atom stereocenters. The summed E-state index contributed by atoms with van der Waals surface area (Å²) in [6.07, 6.45) is 0. The molecule has 118 valence electrons. The van der Waals surface area contributed by atoms with E-state index >= 15 is 0 Å². The maximum absolute atomic E-state index is 12.0. The predicted molar refractivity (Wildman–Crippen MR) is 94.8 cm³/mol. The van der Waals surface area contributed by atoms with Crippen LogP contribution >= 0.6 is 11.3 Å². The first-order valence-electron chi connectivity index (χ1n) is 7.79. The van der Waals surface area contributed by atoms with E-state index in [0.29, 0.717) is 0 Å². The number of nitrogens with zero attached hydrogens (tertiary/aromatic N) is 1. The second-order valence-corrected chi connectivity index (χ2v) is 6.96. The van der Waals surface area contributed by atoms with Gasteiger partial charge in [-0.25, -0.2) is 0 Å². The Morgan fingerprint density at radius 2 is 1.91 bits per heavy atom. The number of benzene rings is 1. The van der Waals surface area contributed by atoms with Crippen LogP contribution in [0.4, 0.5) is 0 Å². The Balaban J connectivity index is 2.31. The number of hydrogen-bond donors (Lipinski definition) is 0. The van der Waals surface area contributed by atoms with Crippen molar-refractivity contribution in [2.24, 2.45) is 0 Å². The van der Waals surface area contributed by atoms with Gasteiger partial charge in [0.1, 0.15) is 0 Å². The predicted octanol–water partition coefficient (Wildman–Crippen LogP) is 4.90. The third-order valence-corrected chi connectivity index (χ3v) is 5.13. The van der Waals surface area contributed by atoms with Crippen molar-refractivity contribution >= 4 is 17.1 Å². The van der Waals surface area contributed by atoms with Gasteiger partial charge in [-0.2, -0.15) is 0 Å². The van der Waals surface area contributed by atoms with E-state index in [2.05, 4.69) is 49.3 Å². The zero-order chi connectivity index (χ0) is 16.3. The number of rotatable bonds is 6. The molecule has 0 unspecified atom stereocenters. The molecule has 0 saturated heterocycles. The zero-order valence-corrected chi connectivity index (χ0v) is 15.0. The quantitative estimate of drug-likeness (QED) is 0.707. The molecule has 2 rings (SSSR count). The molecule has 0 spiro atoms. The van der Waals surface area contributed by atoms with E-state index in [4.69, 9.17) is 0 Å². The topological polar surface area (TPSA) is 20.3 Å². The summed E-state index contributed by atoms with van der Waals surface area (Å²) in [5.74, 6) is 0.164. The van der Waals surface area contributed by atoms with E-state index in [1.807, 2.05) is 6.92 Å². The largest absolute Gasteiger partial charge is 0.294 e. The summed E-state index contributed by atoms with van der Waals surface area (Å²) in [4.78, 5) is 15.8. The molecule has 1 aromatic heterocycles. The number of ketones is 1. The molecule has 0 saturated carbocycles. The Morgan fingerprint density at radius 3 is 2.45 bits per heavy atom. The Labute approximate surface area is 137 Å². The Hall–Kier alpha value is -1.45. The average Bonchev–Trinajstić information content (AvgIpc) is 2.94. The van der Waals surface area contributed by atoms with E-state index in [9.17, 15) is 4.79 Å². The van der Waals surface area contributed by atoms with Crippen molar-refractivity contribution in [2.75, 3.05) is 6.54 Å². The summed E-state index contributed by atoms with van der Waals surface area (Å²) in [6.45, 7) is 13.0. The summed E-state index contributed by atoms with van der Waals surface area (Å²) in [6, 6.07) is 6.44. The number of carbonyl (C=O) groups is 1. The normalized spacial score (nSPS) is 11.2. The summed E-state index contributed by atoms with van der Waals surface area (Å²) < 4.78 is 0. The Kier molecular flexibility index (Phi) is 5.54. The van der Waals surface area contributed by atoms with Gasteiger partial charge in [-0.3, -0.25) is 9.69 Å². The minimum absolute atomic E-state index is 0.164. The van der Waals surface area contributed by atoms with Crippen LogP contribution in [0.15, 0.2) is 23.6 Å². The van der Waals surface area contributed by atoms with Crippen LogP contribution in [-0.4, -0.2) is 17.2 Å². The molecule has 0 aliphatic carbocycles. The van der Waals surface area contributed by atoms with Gasteiger partial charge in [0.25, 0.3) is 0 Å². The van der Waals surface area contributed by atoms with Crippen LogP contribution in [0.25, 0.3) is 0 Å². The van der Waals surface area contributed by atoms with Crippen LogP contribution < -0.4 is 0 Å². The first-order valence-corrected chi connectivity index (χ1v) is 8.67. The van der Waals surface area contributed by atoms with Crippen LogP contribution in [0.3, 0.4) is 0 Å². The average molecular weight is 315 g/mol. The van der Waals surface area contributed by atoms with E-state index in [1.54, 1.807) is 18.3 Å². The first kappa shape index (κ1) is 16.9. The molecule has 0 amide bonds. The van der Waals surface area contributed by atoms with Crippen molar-refractivity contribution in [3.63, 3.8) is 0 Å². The molecule has 3 heteroatoms. The molecular formula is C19H25NOS. The van der Waals surface area contributed by atoms with Crippen molar-refractivity contribution in [3.8, 4) is 0 Å². The van der Waals surface area contributed by atoms with Gasteiger partial charge in [-0.05, 0) is 67.9 Å². The molecule has 2 nitrogen and oxygen atoms in total. The van der Waals surface area contributed by atoms with Crippen LogP contribution in [-0.2, 0) is 13.1 Å². The summed E-state index contributed by atoms with van der Waals surface area (Å²) in [7, 11) is 0. The highest BCUT2D eigenvalue weighted by Crippen LogP contribution is 2.25. The van der Waals surface area contributed by atoms with E-state index < -0.39 is 0 Å². The molecule has 0 N–H and O–H groups in total. The number of Topliss-reactive ketones (excluding diaryl/α,β-unsaturated/α-hetero) is 1. The van der Waals surface area contributed by atoms with Crippen molar-refractivity contribution in [1.29, 1.82) is 0 Å². The summed E-state index contributed by atoms with van der Waals surface area (Å²) >= 11 is 1.80. The third kappa shape index (κ3) is 3.65. The molecule has 1 heterocycles. The van der Waals surface area contributed by atoms with Gasteiger partial charge >= 0.3 is 0 Å². The van der Waals surface area contributed by atoms with Crippen molar-refractivity contribution in [3.05, 3.63) is 56.3 Å². The van der Waals surface area contributed by atoms with Gasteiger partial charge < -0.3 is 0 Å². The summed E-state index contributed by atoms with van der Waals surface area (Å²) in [5, 5.41) is 2.12. The lowest BCUT2D eigenvalue weighted by atomic mass is 9.91. The number of thiophene rings is 1. The molecule has 0 aliphatic heterocycles. The van der Waals surface area contributed by atoms with Crippen LogP contribution in [0, 0.1) is 20.8 Å².